The van der Waals surface area contributed by atoms with Gasteiger partial charge in [0.2, 0.25) is 0 Å². The van der Waals surface area contributed by atoms with Crippen LogP contribution < -0.4 is 5.32 Å². The lowest BCUT2D eigenvalue weighted by molar-refractivity contribution is -0.134. The fourth-order valence-electron chi connectivity index (χ4n) is 4.03. The highest BCUT2D eigenvalue weighted by Crippen LogP contribution is 2.40. The van der Waals surface area contributed by atoms with E-state index in [0.29, 0.717) is 21.7 Å². The van der Waals surface area contributed by atoms with Crippen LogP contribution in [0.1, 0.15) is 35.0 Å². The molecule has 150 valence electrons. The van der Waals surface area contributed by atoms with Crippen LogP contribution in [-0.2, 0) is 6.18 Å². The van der Waals surface area contributed by atoms with Gasteiger partial charge in [0.05, 0.1) is 4.21 Å². The van der Waals surface area contributed by atoms with Crippen LogP contribution in [0.25, 0.3) is 0 Å². The Bertz CT molecular complexity index is 850. The number of hydrogen-bond acceptors (Lipinski definition) is 4. The minimum Gasteiger partial charge on any atom is -0.348 e. The van der Waals surface area contributed by atoms with E-state index in [9.17, 15) is 18.0 Å². The maximum absolute atomic E-state index is 12.7. The lowest BCUT2D eigenvalue weighted by Crippen LogP contribution is -2.60. The largest absolute Gasteiger partial charge is 0.425 e. The van der Waals surface area contributed by atoms with Crippen molar-refractivity contribution in [1.82, 2.24) is 10.2 Å². The third kappa shape index (κ3) is 4.23. The van der Waals surface area contributed by atoms with Crippen molar-refractivity contribution in [2.24, 2.45) is 5.92 Å². The molecule has 4 atom stereocenters. The van der Waals surface area contributed by atoms with Crippen molar-refractivity contribution in [2.45, 2.75) is 47.1 Å². The van der Waals surface area contributed by atoms with Gasteiger partial charge < -0.3 is 5.32 Å². The molecular weight excluding hydrogens is 405 g/mol. The molecule has 3 aliphatic rings. The quantitative estimate of drug-likeness (QED) is 0.736. The average Bonchev–Trinajstić information content (AvgIpc) is 3.12. The summed E-state index contributed by atoms with van der Waals surface area (Å²) in [5.74, 6) is 0.457. The van der Waals surface area contributed by atoms with E-state index in [1.54, 1.807) is 24.3 Å². The maximum Gasteiger partial charge on any atom is 0.425 e. The SMILES string of the molecule is CC1CC2CCN1CC2NC(=O)c1ccc(Sc2ccc(C(F)(F)F)s2)cc1. The van der Waals surface area contributed by atoms with Crippen molar-refractivity contribution >= 4 is 29.0 Å². The molecule has 0 spiro atoms. The van der Waals surface area contributed by atoms with E-state index in [0.717, 1.165) is 48.2 Å². The summed E-state index contributed by atoms with van der Waals surface area (Å²) in [5, 5.41) is 3.17. The third-order valence-electron chi connectivity index (χ3n) is 5.57. The van der Waals surface area contributed by atoms with Crippen LogP contribution in [0.2, 0.25) is 0 Å². The number of benzene rings is 1. The highest BCUT2D eigenvalue weighted by molar-refractivity contribution is 8.01. The van der Waals surface area contributed by atoms with E-state index in [1.165, 1.54) is 17.8 Å². The Morgan fingerprint density at radius 2 is 1.96 bits per heavy atom. The molecule has 1 aromatic carbocycles. The van der Waals surface area contributed by atoms with Crippen LogP contribution in [0.3, 0.4) is 0 Å². The summed E-state index contributed by atoms with van der Waals surface area (Å²) in [6, 6.07) is 10.4. The lowest BCUT2D eigenvalue weighted by atomic mass is 9.80. The zero-order chi connectivity index (χ0) is 19.9. The van der Waals surface area contributed by atoms with Crippen molar-refractivity contribution in [3.63, 3.8) is 0 Å². The summed E-state index contributed by atoms with van der Waals surface area (Å²) in [6.07, 6.45) is -2.05. The van der Waals surface area contributed by atoms with Gasteiger partial charge in [-0.05, 0) is 68.6 Å². The van der Waals surface area contributed by atoms with E-state index in [2.05, 4.69) is 17.1 Å². The highest BCUT2D eigenvalue weighted by Gasteiger charge is 2.38. The second-order valence-electron chi connectivity index (χ2n) is 7.45. The Labute approximate surface area is 170 Å². The summed E-state index contributed by atoms with van der Waals surface area (Å²) in [5.41, 5.74) is 0.580. The summed E-state index contributed by atoms with van der Waals surface area (Å²) in [7, 11) is 0. The van der Waals surface area contributed by atoms with Crippen molar-refractivity contribution in [3.8, 4) is 0 Å². The minimum absolute atomic E-state index is 0.0848. The number of carbonyl (C=O) groups is 1. The van der Waals surface area contributed by atoms with Gasteiger partial charge in [-0.3, -0.25) is 9.69 Å². The molecule has 4 heterocycles. The van der Waals surface area contributed by atoms with Gasteiger partial charge in [0.1, 0.15) is 4.88 Å². The smallest absolute Gasteiger partial charge is 0.348 e. The van der Waals surface area contributed by atoms with Gasteiger partial charge in [-0.25, -0.2) is 0 Å². The first-order valence-corrected chi connectivity index (χ1v) is 10.9. The van der Waals surface area contributed by atoms with Crippen LogP contribution in [0.4, 0.5) is 13.2 Å². The van der Waals surface area contributed by atoms with Crippen LogP contribution in [0.5, 0.6) is 0 Å². The molecule has 2 bridgehead atoms. The van der Waals surface area contributed by atoms with Crippen molar-refractivity contribution < 1.29 is 18.0 Å². The first-order chi connectivity index (χ1) is 13.3. The summed E-state index contributed by atoms with van der Waals surface area (Å²) < 4.78 is 38.7. The molecule has 0 aliphatic carbocycles. The van der Waals surface area contributed by atoms with Gasteiger partial charge in [-0.2, -0.15) is 13.2 Å². The lowest BCUT2D eigenvalue weighted by Gasteiger charge is -2.48. The number of halogens is 3. The van der Waals surface area contributed by atoms with Crippen LogP contribution in [0.15, 0.2) is 45.5 Å². The topological polar surface area (TPSA) is 32.3 Å². The zero-order valence-corrected chi connectivity index (χ0v) is 17.0. The van der Waals surface area contributed by atoms with Crippen LogP contribution in [-0.4, -0.2) is 36.0 Å². The molecule has 5 rings (SSSR count). The Balaban J connectivity index is 1.36. The summed E-state index contributed by atoms with van der Waals surface area (Å²) in [4.78, 5) is 15.2. The maximum atomic E-state index is 12.7. The summed E-state index contributed by atoms with van der Waals surface area (Å²) in [6.45, 7) is 4.26. The van der Waals surface area contributed by atoms with Gasteiger partial charge in [-0.1, -0.05) is 11.8 Å². The number of piperidine rings is 3. The molecule has 1 aromatic heterocycles. The number of amides is 1. The van der Waals surface area contributed by atoms with Crippen LogP contribution in [0, 0.1) is 5.92 Å². The molecule has 8 heteroatoms. The fraction of sp³-hybridized carbons (Fsp3) is 0.450. The molecule has 28 heavy (non-hydrogen) atoms. The highest BCUT2D eigenvalue weighted by atomic mass is 32.2. The standard InChI is InChI=1S/C20H21F3N2OS2/c1-12-10-14-8-9-25(12)11-16(14)24-19(26)13-2-4-15(5-3-13)27-18-7-6-17(28-18)20(21,22)23/h2-7,12,14,16H,8-11H2,1H3,(H,24,26). The normalized spacial score (nSPS) is 27.0. The predicted molar refractivity (Wildman–Crippen MR) is 105 cm³/mol. The van der Waals surface area contributed by atoms with E-state index in [1.807, 2.05) is 0 Å². The Hall–Kier alpha value is -1.51. The molecule has 2 aromatic rings. The number of alkyl halides is 3. The molecule has 0 radical (unpaired) electrons. The van der Waals surface area contributed by atoms with Gasteiger partial charge in [-0.15, -0.1) is 11.3 Å². The predicted octanol–water partition coefficient (Wildman–Crippen LogP) is 5.13. The van der Waals surface area contributed by atoms with Crippen LogP contribution >= 0.6 is 23.1 Å². The van der Waals surface area contributed by atoms with Crippen molar-refractivity contribution in [2.75, 3.05) is 13.1 Å². The van der Waals surface area contributed by atoms with Crippen molar-refractivity contribution in [1.29, 1.82) is 0 Å². The Kier molecular flexibility index (Phi) is 5.46. The Morgan fingerprint density at radius 1 is 1.21 bits per heavy atom. The molecule has 1 N–H and O–H groups in total. The van der Waals surface area contributed by atoms with Gasteiger partial charge in [0.25, 0.3) is 5.91 Å². The molecule has 3 nitrogen and oxygen atoms in total. The number of rotatable bonds is 4. The van der Waals surface area contributed by atoms with Gasteiger partial charge >= 0.3 is 6.18 Å². The monoisotopic (exact) mass is 426 g/mol. The number of fused-ring (bicyclic) bond motifs is 3. The molecule has 3 saturated heterocycles. The molecule has 4 unspecified atom stereocenters. The second-order valence-corrected chi connectivity index (χ2v) is 9.91. The number of thiophene rings is 1. The fourth-order valence-corrected chi connectivity index (χ4v) is 6.00. The molecule has 1 amide bonds. The number of hydrogen-bond donors (Lipinski definition) is 1. The summed E-state index contributed by atoms with van der Waals surface area (Å²) >= 11 is 2.00. The minimum atomic E-state index is -4.31. The Morgan fingerprint density at radius 3 is 2.54 bits per heavy atom. The first kappa shape index (κ1) is 19.8. The van der Waals surface area contributed by atoms with E-state index in [4.69, 9.17) is 0 Å². The van der Waals surface area contributed by atoms with Crippen molar-refractivity contribution in [3.05, 3.63) is 46.8 Å². The molecule has 0 saturated carbocycles. The van der Waals surface area contributed by atoms with Gasteiger partial charge in [0, 0.05) is 29.1 Å². The molecular formula is C20H21F3N2OS2. The second kappa shape index (κ2) is 7.72. The zero-order valence-electron chi connectivity index (χ0n) is 15.3. The number of carbonyl (C=O) groups excluding carboxylic acids is 1. The van der Waals surface area contributed by atoms with E-state index in [-0.39, 0.29) is 11.9 Å². The molecule has 3 fully saturated rings. The molecule has 3 aliphatic heterocycles. The number of nitrogens with one attached hydrogen (secondary N) is 1. The number of nitrogens with zero attached hydrogens (tertiary/aromatic N) is 1. The van der Waals surface area contributed by atoms with Gasteiger partial charge in [0.15, 0.2) is 0 Å². The first-order valence-electron chi connectivity index (χ1n) is 9.29. The average molecular weight is 427 g/mol. The third-order valence-corrected chi connectivity index (χ3v) is 7.84. The van der Waals surface area contributed by atoms with E-state index < -0.39 is 11.1 Å². The van der Waals surface area contributed by atoms with E-state index >= 15 is 0 Å².